The molecule has 2 aromatic carbocycles. The second-order valence-corrected chi connectivity index (χ2v) is 6.80. The van der Waals surface area contributed by atoms with Gasteiger partial charge in [0.25, 0.3) is 5.91 Å². The summed E-state index contributed by atoms with van der Waals surface area (Å²) >= 11 is 0. The summed E-state index contributed by atoms with van der Waals surface area (Å²) in [5.74, 6) is -0.413. The third-order valence-corrected chi connectivity index (χ3v) is 4.67. The van der Waals surface area contributed by atoms with E-state index in [1.165, 1.54) is 0 Å². The number of hydrogen-bond acceptors (Lipinski definition) is 5. The molecule has 30 heavy (non-hydrogen) atoms. The monoisotopic (exact) mass is 400 g/mol. The number of nitrogens with zero attached hydrogens (tertiary/aromatic N) is 1. The first kappa shape index (κ1) is 19.4. The fourth-order valence-corrected chi connectivity index (χ4v) is 3.10. The summed E-state index contributed by atoms with van der Waals surface area (Å²) in [5, 5.41) is 3.43. The number of pyridine rings is 1. The van der Waals surface area contributed by atoms with Crippen LogP contribution in [-0.2, 0) is 16.1 Å². The number of carbonyl (C=O) groups excluding carboxylic acids is 2. The minimum absolute atomic E-state index is 0.328. The van der Waals surface area contributed by atoms with Crippen molar-refractivity contribution in [1.82, 2.24) is 10.3 Å². The highest BCUT2D eigenvalue weighted by molar-refractivity contribution is 6.05. The summed E-state index contributed by atoms with van der Waals surface area (Å²) in [6.07, 6.45) is 0.601. The zero-order valence-electron chi connectivity index (χ0n) is 16.4. The second-order valence-electron chi connectivity index (χ2n) is 6.80. The average molecular weight is 400 g/mol. The minimum Gasteiger partial charge on any atom is -0.463 e. The molecule has 1 N–H and O–H groups in total. The summed E-state index contributed by atoms with van der Waals surface area (Å²) < 4.78 is 10.9. The molecule has 0 aliphatic carbocycles. The van der Waals surface area contributed by atoms with Gasteiger partial charge in [0.15, 0.2) is 11.9 Å². The van der Waals surface area contributed by atoms with Crippen molar-refractivity contribution < 1.29 is 18.7 Å². The van der Waals surface area contributed by atoms with Crippen LogP contribution in [-0.4, -0.2) is 23.0 Å². The molecule has 1 amide bonds. The van der Waals surface area contributed by atoms with Crippen LogP contribution in [0.5, 0.6) is 0 Å². The van der Waals surface area contributed by atoms with Crippen molar-refractivity contribution in [2.45, 2.75) is 19.6 Å². The van der Waals surface area contributed by atoms with E-state index >= 15 is 0 Å². The van der Waals surface area contributed by atoms with E-state index in [4.69, 9.17) is 9.15 Å². The Labute approximate surface area is 173 Å². The first-order chi connectivity index (χ1) is 14.6. The minimum atomic E-state index is -0.944. The molecule has 0 fully saturated rings. The highest BCUT2D eigenvalue weighted by atomic mass is 16.5. The molecular formula is C24H20N2O4. The zero-order chi connectivity index (χ0) is 20.9. The Morgan fingerprint density at radius 2 is 1.80 bits per heavy atom. The molecule has 0 saturated carbocycles. The lowest BCUT2D eigenvalue weighted by Crippen LogP contribution is -2.35. The molecule has 0 radical (unpaired) electrons. The summed E-state index contributed by atoms with van der Waals surface area (Å²) in [4.78, 5) is 29.9. The molecule has 4 aromatic rings. The number of carbonyl (C=O) groups is 2. The fraction of sp³-hybridized carbons (Fsp3) is 0.125. The molecule has 2 aromatic heterocycles. The van der Waals surface area contributed by atoms with Crippen molar-refractivity contribution in [3.05, 3.63) is 90.2 Å². The highest BCUT2D eigenvalue weighted by Crippen LogP contribution is 2.26. The van der Waals surface area contributed by atoms with Crippen molar-refractivity contribution in [3.63, 3.8) is 0 Å². The number of nitrogens with one attached hydrogen (secondary N) is 1. The number of amides is 1. The van der Waals surface area contributed by atoms with Gasteiger partial charge in [-0.05, 0) is 36.8 Å². The van der Waals surface area contributed by atoms with Crippen LogP contribution < -0.4 is 5.32 Å². The van der Waals surface area contributed by atoms with Crippen LogP contribution in [0.15, 0.2) is 83.5 Å². The highest BCUT2D eigenvalue weighted by Gasteiger charge is 2.22. The predicted molar refractivity (Wildman–Crippen MR) is 113 cm³/mol. The molecular weight excluding hydrogens is 380 g/mol. The third-order valence-electron chi connectivity index (χ3n) is 4.67. The van der Waals surface area contributed by atoms with E-state index in [1.807, 2.05) is 48.5 Å². The van der Waals surface area contributed by atoms with Crippen molar-refractivity contribution >= 4 is 22.8 Å². The Morgan fingerprint density at radius 1 is 1.03 bits per heavy atom. The molecule has 1 atom stereocenters. The lowest BCUT2D eigenvalue weighted by atomic mass is 10.1. The van der Waals surface area contributed by atoms with E-state index in [0.717, 1.165) is 5.56 Å². The van der Waals surface area contributed by atoms with Gasteiger partial charge in [-0.2, -0.15) is 0 Å². The molecule has 0 bridgehead atoms. The SMILES string of the molecule is C[C@H](OC(=O)c1cc(-c2ccco2)nc2ccccc12)C(=O)NCc1ccccc1. The Bertz CT molecular complexity index is 1170. The molecule has 0 aliphatic rings. The van der Waals surface area contributed by atoms with Crippen LogP contribution >= 0.6 is 0 Å². The van der Waals surface area contributed by atoms with Crippen molar-refractivity contribution in [2.75, 3.05) is 0 Å². The van der Waals surface area contributed by atoms with Crippen LogP contribution in [0.4, 0.5) is 0 Å². The van der Waals surface area contributed by atoms with Gasteiger partial charge in [0.1, 0.15) is 5.69 Å². The summed E-state index contributed by atoms with van der Waals surface area (Å²) in [5.41, 5.74) is 2.45. The molecule has 150 valence electrons. The molecule has 0 aliphatic heterocycles. The number of benzene rings is 2. The van der Waals surface area contributed by atoms with Crippen LogP contribution in [0.1, 0.15) is 22.8 Å². The van der Waals surface area contributed by atoms with Gasteiger partial charge >= 0.3 is 5.97 Å². The van der Waals surface area contributed by atoms with Gasteiger partial charge in [0.05, 0.1) is 17.3 Å². The summed E-state index contributed by atoms with van der Waals surface area (Å²) in [6.45, 7) is 1.91. The number of ether oxygens (including phenoxy) is 1. The Kier molecular flexibility index (Phi) is 5.57. The maximum atomic E-state index is 12.9. The Balaban J connectivity index is 1.53. The van der Waals surface area contributed by atoms with E-state index < -0.39 is 12.1 Å². The lowest BCUT2D eigenvalue weighted by molar-refractivity contribution is -0.129. The first-order valence-electron chi connectivity index (χ1n) is 9.58. The largest absolute Gasteiger partial charge is 0.463 e. The van der Waals surface area contributed by atoms with E-state index in [-0.39, 0.29) is 5.91 Å². The van der Waals surface area contributed by atoms with Gasteiger partial charge in [0, 0.05) is 11.9 Å². The van der Waals surface area contributed by atoms with Crippen molar-refractivity contribution in [1.29, 1.82) is 0 Å². The van der Waals surface area contributed by atoms with Crippen LogP contribution in [0, 0.1) is 0 Å². The van der Waals surface area contributed by atoms with E-state index in [2.05, 4.69) is 10.3 Å². The lowest BCUT2D eigenvalue weighted by Gasteiger charge is -2.15. The Hall–Kier alpha value is -3.93. The maximum Gasteiger partial charge on any atom is 0.339 e. The van der Waals surface area contributed by atoms with Gasteiger partial charge in [0.2, 0.25) is 0 Å². The fourth-order valence-electron chi connectivity index (χ4n) is 3.10. The Morgan fingerprint density at radius 3 is 2.57 bits per heavy atom. The topological polar surface area (TPSA) is 81.4 Å². The number of rotatable bonds is 6. The first-order valence-corrected chi connectivity index (χ1v) is 9.58. The van der Waals surface area contributed by atoms with Crippen LogP contribution in [0.3, 0.4) is 0 Å². The van der Waals surface area contributed by atoms with E-state index in [0.29, 0.717) is 34.5 Å². The summed E-state index contributed by atoms with van der Waals surface area (Å²) in [6, 6.07) is 22.0. The standard InChI is InChI=1S/C24H20N2O4/c1-16(23(27)25-15-17-8-3-2-4-9-17)30-24(28)19-14-21(22-12-7-13-29-22)26-20-11-6-5-10-18(19)20/h2-14,16H,15H2,1H3,(H,25,27)/t16-/m0/s1. The van der Waals surface area contributed by atoms with Crippen LogP contribution in [0.25, 0.3) is 22.4 Å². The van der Waals surface area contributed by atoms with Gasteiger partial charge in [-0.15, -0.1) is 0 Å². The van der Waals surface area contributed by atoms with Gasteiger partial charge in [-0.3, -0.25) is 4.79 Å². The zero-order valence-corrected chi connectivity index (χ0v) is 16.4. The number of furan rings is 1. The van der Waals surface area contributed by atoms with Crippen molar-refractivity contribution in [2.24, 2.45) is 0 Å². The predicted octanol–water partition coefficient (Wildman–Crippen LogP) is 4.36. The maximum absolute atomic E-state index is 12.9. The average Bonchev–Trinajstić information content (AvgIpc) is 3.32. The number of fused-ring (bicyclic) bond motifs is 1. The molecule has 2 heterocycles. The molecule has 4 rings (SSSR count). The number of esters is 1. The van der Waals surface area contributed by atoms with Gasteiger partial charge < -0.3 is 14.5 Å². The normalized spacial score (nSPS) is 11.8. The van der Waals surface area contributed by atoms with E-state index in [9.17, 15) is 9.59 Å². The third kappa shape index (κ3) is 4.22. The smallest absolute Gasteiger partial charge is 0.339 e. The quantitative estimate of drug-likeness (QED) is 0.487. The van der Waals surface area contributed by atoms with Gasteiger partial charge in [-0.1, -0.05) is 48.5 Å². The molecule has 6 nitrogen and oxygen atoms in total. The number of hydrogen-bond donors (Lipinski definition) is 1. The van der Waals surface area contributed by atoms with Gasteiger partial charge in [-0.25, -0.2) is 9.78 Å². The molecule has 6 heteroatoms. The summed E-state index contributed by atoms with van der Waals surface area (Å²) in [7, 11) is 0. The molecule has 0 spiro atoms. The second kappa shape index (κ2) is 8.61. The molecule has 0 unspecified atom stereocenters. The number of aromatic nitrogens is 1. The molecule has 0 saturated heterocycles. The number of para-hydroxylation sites is 1. The van der Waals surface area contributed by atoms with Crippen LogP contribution in [0.2, 0.25) is 0 Å². The van der Waals surface area contributed by atoms with Crippen molar-refractivity contribution in [3.8, 4) is 11.5 Å². The van der Waals surface area contributed by atoms with E-state index in [1.54, 1.807) is 37.5 Å².